The van der Waals surface area contributed by atoms with Crippen molar-refractivity contribution in [2.75, 3.05) is 0 Å². The summed E-state index contributed by atoms with van der Waals surface area (Å²) in [5.41, 5.74) is 6.74. The topological polar surface area (TPSA) is 43.8 Å². The second-order valence-electron chi connectivity index (χ2n) is 4.11. The zero-order valence-electron chi connectivity index (χ0n) is 8.26. The number of hydrogen-bond donors (Lipinski definition) is 1. The summed E-state index contributed by atoms with van der Waals surface area (Å²) in [5.74, 6) is 0.944. The summed E-state index contributed by atoms with van der Waals surface area (Å²) >= 11 is 0. The van der Waals surface area contributed by atoms with Gasteiger partial charge in [-0.2, -0.15) is 0 Å². The van der Waals surface area contributed by atoms with E-state index in [4.69, 9.17) is 5.73 Å². The molecular formula is C9H17N3. The fourth-order valence-electron chi connectivity index (χ4n) is 1.06. The predicted molar refractivity (Wildman–Crippen MR) is 49.8 cm³/mol. The Labute approximate surface area is 73.6 Å². The molecule has 0 saturated carbocycles. The van der Waals surface area contributed by atoms with Crippen LogP contribution in [-0.4, -0.2) is 9.55 Å². The molecular weight excluding hydrogens is 150 g/mol. The number of aromatic nitrogens is 2. The highest BCUT2D eigenvalue weighted by Gasteiger charge is 2.17. The maximum atomic E-state index is 5.52. The van der Waals surface area contributed by atoms with Crippen LogP contribution in [0.2, 0.25) is 0 Å². The smallest absolute Gasteiger partial charge is 0.122 e. The summed E-state index contributed by atoms with van der Waals surface area (Å²) in [5, 5.41) is 0. The van der Waals surface area contributed by atoms with Crippen LogP contribution in [0.5, 0.6) is 0 Å². The van der Waals surface area contributed by atoms with Crippen LogP contribution in [0.4, 0.5) is 0 Å². The highest BCUT2D eigenvalue weighted by molar-refractivity contribution is 5.12. The number of nitrogens with zero attached hydrogens (tertiary/aromatic N) is 2. The summed E-state index contributed by atoms with van der Waals surface area (Å²) in [6.45, 7) is 6.95. The molecule has 1 aromatic heterocycles. The van der Waals surface area contributed by atoms with Gasteiger partial charge in [0.2, 0.25) is 0 Å². The molecule has 2 N–H and O–H groups in total. The second kappa shape index (κ2) is 2.90. The van der Waals surface area contributed by atoms with Gasteiger partial charge < -0.3 is 10.3 Å². The Morgan fingerprint density at radius 2 is 2.08 bits per heavy atom. The van der Waals surface area contributed by atoms with Gasteiger partial charge in [-0.3, -0.25) is 0 Å². The van der Waals surface area contributed by atoms with Gasteiger partial charge in [0.15, 0.2) is 0 Å². The van der Waals surface area contributed by atoms with E-state index in [1.807, 2.05) is 17.8 Å². The van der Waals surface area contributed by atoms with Crippen molar-refractivity contribution in [3.8, 4) is 0 Å². The lowest BCUT2D eigenvalue weighted by Crippen LogP contribution is -2.11. The average molecular weight is 167 g/mol. The number of nitrogens with two attached hydrogens (primary N) is 1. The van der Waals surface area contributed by atoms with Crippen LogP contribution < -0.4 is 5.73 Å². The summed E-state index contributed by atoms with van der Waals surface area (Å²) in [4.78, 5) is 4.44. The molecule has 0 amide bonds. The normalized spacial score (nSPS) is 12.1. The molecule has 0 aliphatic heterocycles. The molecule has 0 aliphatic rings. The standard InChI is InChI=1S/C9H17N3/c1-9(2,3)7-6-12(4)8(5-10)11-7/h6H,5,10H2,1-4H3. The SMILES string of the molecule is Cn1cc(C(C)(C)C)nc1CN. The molecule has 12 heavy (non-hydrogen) atoms. The van der Waals surface area contributed by atoms with Gasteiger partial charge in [-0.15, -0.1) is 0 Å². The third-order valence-corrected chi connectivity index (χ3v) is 1.92. The van der Waals surface area contributed by atoms with Crippen molar-refractivity contribution < 1.29 is 0 Å². The summed E-state index contributed by atoms with van der Waals surface area (Å²) < 4.78 is 1.99. The maximum Gasteiger partial charge on any atom is 0.122 e. The lowest BCUT2D eigenvalue weighted by Gasteiger charge is -2.13. The van der Waals surface area contributed by atoms with Crippen molar-refractivity contribution >= 4 is 0 Å². The van der Waals surface area contributed by atoms with Gasteiger partial charge in [-0.25, -0.2) is 4.98 Å². The zero-order chi connectivity index (χ0) is 9.35. The quantitative estimate of drug-likeness (QED) is 0.682. The molecule has 0 bridgehead atoms. The van der Waals surface area contributed by atoms with Crippen molar-refractivity contribution in [2.24, 2.45) is 12.8 Å². The zero-order valence-corrected chi connectivity index (χ0v) is 8.26. The first-order chi connectivity index (χ1) is 5.45. The lowest BCUT2D eigenvalue weighted by molar-refractivity contribution is 0.570. The molecule has 0 fully saturated rings. The van der Waals surface area contributed by atoms with E-state index in [0.29, 0.717) is 6.54 Å². The first-order valence-electron chi connectivity index (χ1n) is 4.18. The Morgan fingerprint density at radius 3 is 2.33 bits per heavy atom. The van der Waals surface area contributed by atoms with Crippen molar-refractivity contribution in [2.45, 2.75) is 32.7 Å². The Balaban J connectivity index is 3.05. The van der Waals surface area contributed by atoms with Crippen LogP contribution in [0, 0.1) is 0 Å². The largest absolute Gasteiger partial charge is 0.337 e. The van der Waals surface area contributed by atoms with E-state index in [0.717, 1.165) is 11.5 Å². The van der Waals surface area contributed by atoms with Crippen molar-refractivity contribution in [1.29, 1.82) is 0 Å². The van der Waals surface area contributed by atoms with Gasteiger partial charge in [0.1, 0.15) is 5.82 Å². The average Bonchev–Trinajstić information content (AvgIpc) is 2.29. The first-order valence-corrected chi connectivity index (χ1v) is 4.18. The molecule has 68 valence electrons. The van der Waals surface area contributed by atoms with Crippen LogP contribution in [0.25, 0.3) is 0 Å². The highest BCUT2D eigenvalue weighted by Crippen LogP contribution is 2.20. The highest BCUT2D eigenvalue weighted by atomic mass is 15.1. The third-order valence-electron chi connectivity index (χ3n) is 1.92. The molecule has 1 rings (SSSR count). The summed E-state index contributed by atoms with van der Waals surface area (Å²) in [6.07, 6.45) is 2.04. The van der Waals surface area contributed by atoms with E-state index < -0.39 is 0 Å². The fraction of sp³-hybridized carbons (Fsp3) is 0.667. The van der Waals surface area contributed by atoms with Crippen molar-refractivity contribution in [3.63, 3.8) is 0 Å². The molecule has 3 heteroatoms. The van der Waals surface area contributed by atoms with Crippen LogP contribution >= 0.6 is 0 Å². The Bertz CT molecular complexity index is 268. The number of imidazole rings is 1. The van der Waals surface area contributed by atoms with E-state index >= 15 is 0 Å². The number of hydrogen-bond acceptors (Lipinski definition) is 2. The van der Waals surface area contributed by atoms with Gasteiger partial charge in [-0.1, -0.05) is 20.8 Å². The van der Waals surface area contributed by atoms with Crippen LogP contribution in [0.3, 0.4) is 0 Å². The second-order valence-corrected chi connectivity index (χ2v) is 4.11. The van der Waals surface area contributed by atoms with Gasteiger partial charge in [-0.05, 0) is 0 Å². The Morgan fingerprint density at radius 1 is 1.50 bits per heavy atom. The van der Waals surface area contributed by atoms with Crippen LogP contribution in [-0.2, 0) is 19.0 Å². The van der Waals surface area contributed by atoms with E-state index in [1.165, 1.54) is 0 Å². The van der Waals surface area contributed by atoms with Crippen LogP contribution in [0.15, 0.2) is 6.20 Å². The summed E-state index contributed by atoms with van der Waals surface area (Å²) in [6, 6.07) is 0. The van der Waals surface area contributed by atoms with Gasteiger partial charge in [0.05, 0.1) is 12.2 Å². The van der Waals surface area contributed by atoms with E-state index in [9.17, 15) is 0 Å². The minimum absolute atomic E-state index is 0.116. The first kappa shape index (κ1) is 9.26. The molecule has 0 unspecified atom stereocenters. The van der Waals surface area contributed by atoms with E-state index in [-0.39, 0.29) is 5.41 Å². The van der Waals surface area contributed by atoms with E-state index in [1.54, 1.807) is 0 Å². The number of rotatable bonds is 1. The van der Waals surface area contributed by atoms with Crippen molar-refractivity contribution in [1.82, 2.24) is 9.55 Å². The molecule has 1 aromatic rings. The predicted octanol–water partition coefficient (Wildman–Crippen LogP) is 1.18. The number of aryl methyl sites for hydroxylation is 1. The molecule has 3 nitrogen and oxygen atoms in total. The molecule has 1 heterocycles. The van der Waals surface area contributed by atoms with E-state index in [2.05, 4.69) is 25.8 Å². The Hall–Kier alpha value is -0.830. The van der Waals surface area contributed by atoms with Crippen LogP contribution in [0.1, 0.15) is 32.3 Å². The maximum absolute atomic E-state index is 5.52. The lowest BCUT2D eigenvalue weighted by atomic mass is 9.93. The molecule has 0 saturated heterocycles. The molecule has 0 spiro atoms. The fourth-order valence-corrected chi connectivity index (χ4v) is 1.06. The third kappa shape index (κ3) is 1.67. The minimum atomic E-state index is 0.116. The van der Waals surface area contributed by atoms with Gasteiger partial charge >= 0.3 is 0 Å². The van der Waals surface area contributed by atoms with Gasteiger partial charge in [0.25, 0.3) is 0 Å². The monoisotopic (exact) mass is 167 g/mol. The minimum Gasteiger partial charge on any atom is -0.337 e. The molecule has 0 aliphatic carbocycles. The summed E-state index contributed by atoms with van der Waals surface area (Å²) in [7, 11) is 1.98. The molecule has 0 radical (unpaired) electrons. The van der Waals surface area contributed by atoms with Gasteiger partial charge in [0, 0.05) is 18.7 Å². The molecule has 0 atom stereocenters. The molecule has 0 aromatic carbocycles. The van der Waals surface area contributed by atoms with Crippen molar-refractivity contribution in [3.05, 3.63) is 17.7 Å². The Kier molecular flexibility index (Phi) is 2.24.